The summed E-state index contributed by atoms with van der Waals surface area (Å²) in [5.74, 6) is 2.51. The zero-order valence-corrected chi connectivity index (χ0v) is 10.9. The first-order valence-corrected chi connectivity index (χ1v) is 7.15. The van der Waals surface area contributed by atoms with Crippen LogP contribution in [0.15, 0.2) is 59.5 Å². The molecule has 1 atom stereocenters. The van der Waals surface area contributed by atoms with Crippen LogP contribution in [0.4, 0.5) is 0 Å². The number of thioether (sulfide) groups is 1. The Kier molecular flexibility index (Phi) is 3.56. The molecule has 0 spiro atoms. The maximum Gasteiger partial charge on any atom is 0.122 e. The van der Waals surface area contributed by atoms with Gasteiger partial charge in [0.05, 0.1) is 6.61 Å². The van der Waals surface area contributed by atoms with Gasteiger partial charge in [-0.2, -0.15) is 0 Å². The smallest absolute Gasteiger partial charge is 0.122 e. The molecule has 0 aromatic heterocycles. The van der Waals surface area contributed by atoms with Crippen LogP contribution >= 0.6 is 11.8 Å². The number of fused-ring (bicyclic) bond motifs is 1. The molecule has 0 saturated heterocycles. The molecule has 18 heavy (non-hydrogen) atoms. The average molecular weight is 255 g/mol. The van der Waals surface area contributed by atoms with Crippen LogP contribution in [0.5, 0.6) is 5.75 Å². The second-order valence-corrected chi connectivity index (χ2v) is 5.41. The molecule has 1 nitrogen and oxygen atoms in total. The van der Waals surface area contributed by atoms with E-state index in [1.807, 2.05) is 23.9 Å². The highest BCUT2D eigenvalue weighted by molar-refractivity contribution is 7.99. The lowest BCUT2D eigenvalue weighted by Gasteiger charge is -2.07. The van der Waals surface area contributed by atoms with Gasteiger partial charge in [-0.25, -0.2) is 0 Å². The lowest BCUT2D eigenvalue weighted by Crippen LogP contribution is -2.02. The zero-order chi connectivity index (χ0) is 12.2. The number of hydrogen-bond donors (Lipinski definition) is 0. The molecule has 0 bridgehead atoms. The predicted octanol–water partition coefficient (Wildman–Crippen LogP) is 4.16. The van der Waals surface area contributed by atoms with Crippen LogP contribution in [0, 0.1) is 6.42 Å². The molecule has 1 heterocycles. The minimum absolute atomic E-state index is 0.442. The van der Waals surface area contributed by atoms with Crippen LogP contribution in [-0.4, -0.2) is 12.4 Å². The molecule has 0 saturated carbocycles. The maximum atomic E-state index is 5.67. The van der Waals surface area contributed by atoms with Gasteiger partial charge in [0.1, 0.15) is 5.75 Å². The average Bonchev–Trinajstić information content (AvgIpc) is 2.84. The lowest BCUT2D eigenvalue weighted by atomic mass is 9.99. The second-order valence-electron chi connectivity index (χ2n) is 4.32. The van der Waals surface area contributed by atoms with Crippen molar-refractivity contribution in [2.24, 2.45) is 0 Å². The molecule has 1 unspecified atom stereocenters. The van der Waals surface area contributed by atoms with Gasteiger partial charge in [-0.3, -0.25) is 0 Å². The van der Waals surface area contributed by atoms with Gasteiger partial charge in [-0.05, 0) is 24.6 Å². The Hall–Kier alpha value is -1.41. The molecule has 2 aromatic rings. The number of benzene rings is 2. The molecule has 0 amide bonds. The van der Waals surface area contributed by atoms with Crippen LogP contribution in [-0.2, 0) is 0 Å². The van der Waals surface area contributed by atoms with Gasteiger partial charge in [0.2, 0.25) is 0 Å². The van der Waals surface area contributed by atoms with E-state index in [0.29, 0.717) is 5.92 Å². The zero-order valence-electron chi connectivity index (χ0n) is 10.1. The Morgan fingerprint density at radius 1 is 1.06 bits per heavy atom. The molecule has 91 valence electrons. The summed E-state index contributed by atoms with van der Waals surface area (Å²) < 4.78 is 5.67. The van der Waals surface area contributed by atoms with Crippen LogP contribution < -0.4 is 4.74 Å². The summed E-state index contributed by atoms with van der Waals surface area (Å²) in [6.07, 6.45) is 2.35. The van der Waals surface area contributed by atoms with Crippen molar-refractivity contribution >= 4 is 11.8 Å². The fourth-order valence-electron chi connectivity index (χ4n) is 2.16. The van der Waals surface area contributed by atoms with Crippen molar-refractivity contribution in [3.8, 4) is 5.75 Å². The topological polar surface area (TPSA) is 9.23 Å². The number of para-hydroxylation sites is 1. The third-order valence-electron chi connectivity index (χ3n) is 3.11. The van der Waals surface area contributed by atoms with Crippen molar-refractivity contribution in [3.05, 3.63) is 66.6 Å². The van der Waals surface area contributed by atoms with E-state index >= 15 is 0 Å². The number of rotatable bonds is 4. The van der Waals surface area contributed by atoms with Crippen LogP contribution in [0.2, 0.25) is 0 Å². The first-order chi connectivity index (χ1) is 8.93. The van der Waals surface area contributed by atoms with E-state index in [2.05, 4.69) is 48.9 Å². The lowest BCUT2D eigenvalue weighted by molar-refractivity contribution is 0.341. The van der Waals surface area contributed by atoms with Crippen molar-refractivity contribution in [2.75, 3.05) is 12.4 Å². The summed E-state index contributed by atoms with van der Waals surface area (Å²) in [4.78, 5) is 1.32. The molecule has 2 aromatic carbocycles. The Labute approximate surface area is 112 Å². The van der Waals surface area contributed by atoms with Crippen LogP contribution in [0.1, 0.15) is 11.5 Å². The van der Waals surface area contributed by atoms with E-state index < -0.39 is 0 Å². The van der Waals surface area contributed by atoms with Gasteiger partial charge in [0, 0.05) is 22.1 Å². The Morgan fingerprint density at radius 3 is 2.72 bits per heavy atom. The standard InChI is InChI=1S/C16H15OS/c1-2-6-14(7-3-1)18-11-10-13-12-17-16-9-5-4-8-15(13)16/h1-10,13H,11-12H2. The van der Waals surface area contributed by atoms with Gasteiger partial charge in [0.15, 0.2) is 0 Å². The number of hydrogen-bond acceptors (Lipinski definition) is 2. The van der Waals surface area contributed by atoms with E-state index in [9.17, 15) is 0 Å². The fraction of sp³-hybridized carbons (Fsp3) is 0.188. The minimum atomic E-state index is 0.442. The first kappa shape index (κ1) is 11.7. The summed E-state index contributed by atoms with van der Waals surface area (Å²) >= 11 is 1.87. The Balaban J connectivity index is 1.56. The summed E-state index contributed by atoms with van der Waals surface area (Å²) in [6.45, 7) is 0.786. The summed E-state index contributed by atoms with van der Waals surface area (Å²) in [7, 11) is 0. The van der Waals surface area contributed by atoms with E-state index in [4.69, 9.17) is 4.74 Å². The fourth-order valence-corrected chi connectivity index (χ4v) is 3.03. The highest BCUT2D eigenvalue weighted by Crippen LogP contribution is 2.36. The van der Waals surface area contributed by atoms with E-state index in [0.717, 1.165) is 18.1 Å². The Morgan fingerprint density at radius 2 is 1.83 bits per heavy atom. The van der Waals surface area contributed by atoms with Crippen molar-refractivity contribution in [2.45, 2.75) is 10.8 Å². The summed E-state index contributed by atoms with van der Waals surface area (Å²) in [6, 6.07) is 18.8. The molecule has 0 aliphatic carbocycles. The largest absolute Gasteiger partial charge is 0.493 e. The third kappa shape index (κ3) is 2.54. The maximum absolute atomic E-state index is 5.67. The van der Waals surface area contributed by atoms with Gasteiger partial charge >= 0.3 is 0 Å². The molecular weight excluding hydrogens is 240 g/mol. The van der Waals surface area contributed by atoms with Crippen molar-refractivity contribution < 1.29 is 4.74 Å². The molecule has 3 rings (SSSR count). The van der Waals surface area contributed by atoms with Gasteiger partial charge in [0.25, 0.3) is 0 Å². The molecule has 1 aliphatic heterocycles. The molecule has 2 heteroatoms. The molecule has 0 fully saturated rings. The summed E-state index contributed by atoms with van der Waals surface area (Å²) in [5.41, 5.74) is 1.33. The monoisotopic (exact) mass is 255 g/mol. The predicted molar refractivity (Wildman–Crippen MR) is 76.1 cm³/mol. The highest BCUT2D eigenvalue weighted by Gasteiger charge is 2.23. The minimum Gasteiger partial charge on any atom is -0.493 e. The summed E-state index contributed by atoms with van der Waals surface area (Å²) in [5, 5.41) is 0. The SMILES string of the molecule is [CH](CSc1ccccc1)C1COc2ccccc21. The van der Waals surface area contributed by atoms with Gasteiger partial charge in [-0.1, -0.05) is 36.4 Å². The molecule has 1 radical (unpaired) electrons. The molecular formula is C16H15OS. The number of ether oxygens (including phenoxy) is 1. The van der Waals surface area contributed by atoms with Crippen molar-refractivity contribution in [1.82, 2.24) is 0 Å². The first-order valence-electron chi connectivity index (χ1n) is 6.16. The second kappa shape index (κ2) is 5.49. The third-order valence-corrected chi connectivity index (χ3v) is 4.08. The van der Waals surface area contributed by atoms with Crippen molar-refractivity contribution in [1.29, 1.82) is 0 Å². The Bertz CT molecular complexity index is 510. The van der Waals surface area contributed by atoms with Crippen molar-refractivity contribution in [3.63, 3.8) is 0 Å². The van der Waals surface area contributed by atoms with Crippen LogP contribution in [0.3, 0.4) is 0 Å². The molecule has 0 N–H and O–H groups in total. The quantitative estimate of drug-likeness (QED) is 0.759. The van der Waals surface area contributed by atoms with Gasteiger partial charge < -0.3 is 4.74 Å². The normalized spacial score (nSPS) is 17.2. The highest BCUT2D eigenvalue weighted by atomic mass is 32.2. The van der Waals surface area contributed by atoms with E-state index in [1.54, 1.807) is 0 Å². The van der Waals surface area contributed by atoms with E-state index in [1.165, 1.54) is 10.5 Å². The van der Waals surface area contributed by atoms with Crippen LogP contribution in [0.25, 0.3) is 0 Å². The van der Waals surface area contributed by atoms with E-state index in [-0.39, 0.29) is 0 Å². The molecule has 1 aliphatic rings. The van der Waals surface area contributed by atoms with Gasteiger partial charge in [-0.15, -0.1) is 11.8 Å².